The molecule has 0 unspecified atom stereocenters. The van der Waals surface area contributed by atoms with E-state index >= 15 is 0 Å². The van der Waals surface area contributed by atoms with Crippen LogP contribution in [-0.2, 0) is 9.84 Å². The Kier molecular flexibility index (Phi) is 3.60. The third-order valence-corrected chi connectivity index (χ3v) is 5.23. The molecule has 94 valence electrons. The highest BCUT2D eigenvalue weighted by molar-refractivity contribution is 7.91. The number of hydrogen-bond acceptors (Lipinski definition) is 6. The van der Waals surface area contributed by atoms with Crippen LogP contribution < -0.4 is 0 Å². The maximum Gasteiger partial charge on any atom is 0.205 e. The summed E-state index contributed by atoms with van der Waals surface area (Å²) in [5.41, 5.74) is 0. The average molecular weight is 274 g/mol. The summed E-state index contributed by atoms with van der Waals surface area (Å²) in [6, 6.07) is 0. The molecule has 0 spiro atoms. The molecule has 0 atom stereocenters. The van der Waals surface area contributed by atoms with Gasteiger partial charge in [0, 0.05) is 24.2 Å². The van der Waals surface area contributed by atoms with E-state index in [2.05, 4.69) is 4.98 Å². The van der Waals surface area contributed by atoms with Gasteiger partial charge >= 0.3 is 0 Å². The fraction of sp³-hybridized carbons (Fsp3) is 0.600. The number of rotatable bonds is 3. The summed E-state index contributed by atoms with van der Waals surface area (Å²) in [6.07, 6.45) is 1.68. The fourth-order valence-electron chi connectivity index (χ4n) is 1.66. The van der Waals surface area contributed by atoms with Crippen molar-refractivity contribution >= 4 is 27.0 Å². The molecule has 1 saturated heterocycles. The number of thiazole rings is 1. The van der Waals surface area contributed by atoms with Gasteiger partial charge in [0.25, 0.3) is 0 Å². The second-order valence-corrected chi connectivity index (χ2v) is 7.67. The number of nitrogens with zero attached hydrogens (tertiary/aromatic N) is 2. The van der Waals surface area contributed by atoms with E-state index < -0.39 is 9.84 Å². The Labute approximate surface area is 104 Å². The summed E-state index contributed by atoms with van der Waals surface area (Å²) in [4.78, 5) is 18.8. The highest BCUT2D eigenvalue weighted by atomic mass is 32.2. The van der Waals surface area contributed by atoms with E-state index in [-0.39, 0.29) is 23.8 Å². The predicted octanol–water partition coefficient (Wildman–Crippen LogP) is 0.365. The first-order chi connectivity index (χ1) is 7.96. The molecule has 1 aliphatic heterocycles. The van der Waals surface area contributed by atoms with Crippen LogP contribution in [-0.4, -0.2) is 55.2 Å². The van der Waals surface area contributed by atoms with Crippen molar-refractivity contribution in [2.45, 2.75) is 6.92 Å². The van der Waals surface area contributed by atoms with Gasteiger partial charge in [0.1, 0.15) is 0 Å². The van der Waals surface area contributed by atoms with Gasteiger partial charge in [-0.25, -0.2) is 13.4 Å². The summed E-state index contributed by atoms with van der Waals surface area (Å²) in [5, 5.41) is 0.510. The van der Waals surface area contributed by atoms with Gasteiger partial charge < -0.3 is 0 Å². The van der Waals surface area contributed by atoms with Gasteiger partial charge in [-0.1, -0.05) is 0 Å². The van der Waals surface area contributed by atoms with E-state index in [1.54, 1.807) is 6.20 Å². The maximum absolute atomic E-state index is 11.8. The Bertz CT molecular complexity index is 507. The second kappa shape index (κ2) is 4.83. The minimum Gasteiger partial charge on any atom is -0.294 e. The molecule has 0 saturated carbocycles. The smallest absolute Gasteiger partial charge is 0.205 e. The molecule has 1 aromatic rings. The van der Waals surface area contributed by atoms with Crippen LogP contribution in [0.15, 0.2) is 6.20 Å². The van der Waals surface area contributed by atoms with Gasteiger partial charge in [0.2, 0.25) is 5.78 Å². The average Bonchev–Trinajstić information content (AvgIpc) is 2.68. The van der Waals surface area contributed by atoms with E-state index in [9.17, 15) is 13.2 Å². The number of sulfone groups is 1. The molecule has 17 heavy (non-hydrogen) atoms. The number of ketones is 1. The Morgan fingerprint density at radius 3 is 2.65 bits per heavy atom. The van der Waals surface area contributed by atoms with Crippen LogP contribution in [0.3, 0.4) is 0 Å². The first kappa shape index (κ1) is 12.7. The standard InChI is InChI=1S/C10H14N2O3S2/c1-8-6-11-10(16-8)9(13)7-12-2-4-17(14,15)5-3-12/h6H,2-5,7H2,1H3. The zero-order valence-electron chi connectivity index (χ0n) is 9.55. The topological polar surface area (TPSA) is 67.3 Å². The van der Waals surface area contributed by atoms with Crippen LogP contribution in [0.1, 0.15) is 14.7 Å². The highest BCUT2D eigenvalue weighted by Crippen LogP contribution is 2.13. The van der Waals surface area contributed by atoms with E-state index in [1.807, 2.05) is 11.8 Å². The lowest BCUT2D eigenvalue weighted by molar-refractivity contribution is 0.0935. The highest BCUT2D eigenvalue weighted by Gasteiger charge is 2.24. The molecule has 0 bridgehead atoms. The maximum atomic E-state index is 11.8. The van der Waals surface area contributed by atoms with Gasteiger partial charge in [0.15, 0.2) is 14.8 Å². The summed E-state index contributed by atoms with van der Waals surface area (Å²) in [6.45, 7) is 3.06. The molecule has 1 aliphatic rings. The lowest BCUT2D eigenvalue weighted by Gasteiger charge is -2.25. The van der Waals surface area contributed by atoms with Gasteiger partial charge in [-0.05, 0) is 6.92 Å². The van der Waals surface area contributed by atoms with Crippen LogP contribution in [0.4, 0.5) is 0 Å². The van der Waals surface area contributed by atoms with Crippen LogP contribution in [0.2, 0.25) is 0 Å². The predicted molar refractivity (Wildman–Crippen MR) is 66.3 cm³/mol. The lowest BCUT2D eigenvalue weighted by atomic mass is 10.3. The molecule has 0 radical (unpaired) electrons. The zero-order chi connectivity index (χ0) is 12.5. The van der Waals surface area contributed by atoms with Crippen LogP contribution >= 0.6 is 11.3 Å². The van der Waals surface area contributed by atoms with Gasteiger partial charge in [-0.15, -0.1) is 11.3 Å². The first-order valence-electron chi connectivity index (χ1n) is 5.35. The lowest BCUT2D eigenvalue weighted by Crippen LogP contribution is -2.42. The molecule has 2 rings (SSSR count). The number of Topliss-reactive ketones (excluding diaryl/α,β-unsaturated/α-hetero) is 1. The Morgan fingerprint density at radius 1 is 1.47 bits per heavy atom. The number of aryl methyl sites for hydroxylation is 1. The van der Waals surface area contributed by atoms with E-state index in [4.69, 9.17) is 0 Å². The van der Waals surface area contributed by atoms with Crippen molar-refractivity contribution in [3.05, 3.63) is 16.1 Å². The molecule has 0 N–H and O–H groups in total. The number of carbonyl (C=O) groups excluding carboxylic acids is 1. The van der Waals surface area contributed by atoms with Crippen molar-refractivity contribution in [3.8, 4) is 0 Å². The Morgan fingerprint density at radius 2 is 2.12 bits per heavy atom. The molecule has 5 nitrogen and oxygen atoms in total. The quantitative estimate of drug-likeness (QED) is 0.745. The van der Waals surface area contributed by atoms with Crippen molar-refractivity contribution < 1.29 is 13.2 Å². The number of aromatic nitrogens is 1. The molecule has 0 aromatic carbocycles. The summed E-state index contributed by atoms with van der Waals surface area (Å²) < 4.78 is 22.5. The molecule has 1 aromatic heterocycles. The van der Waals surface area contributed by atoms with E-state index in [0.29, 0.717) is 18.1 Å². The van der Waals surface area contributed by atoms with Gasteiger partial charge in [0.05, 0.1) is 18.1 Å². The molecule has 0 aliphatic carbocycles. The van der Waals surface area contributed by atoms with E-state index in [0.717, 1.165) is 4.88 Å². The largest absolute Gasteiger partial charge is 0.294 e. The summed E-state index contributed by atoms with van der Waals surface area (Å²) in [5.74, 6) is 0.274. The van der Waals surface area contributed by atoms with Crippen molar-refractivity contribution in [1.29, 1.82) is 0 Å². The van der Waals surface area contributed by atoms with Crippen molar-refractivity contribution in [3.63, 3.8) is 0 Å². The third-order valence-electron chi connectivity index (χ3n) is 2.66. The SMILES string of the molecule is Cc1cnc(C(=O)CN2CCS(=O)(=O)CC2)s1. The van der Waals surface area contributed by atoms with Crippen LogP contribution in [0.25, 0.3) is 0 Å². The van der Waals surface area contributed by atoms with Crippen molar-refractivity contribution in [2.24, 2.45) is 0 Å². The zero-order valence-corrected chi connectivity index (χ0v) is 11.2. The van der Waals surface area contributed by atoms with Gasteiger partial charge in [-0.2, -0.15) is 0 Å². The first-order valence-corrected chi connectivity index (χ1v) is 7.98. The molecule has 1 fully saturated rings. The second-order valence-electron chi connectivity index (χ2n) is 4.13. The normalized spacial score (nSPS) is 20.3. The van der Waals surface area contributed by atoms with Crippen molar-refractivity contribution in [2.75, 3.05) is 31.1 Å². The summed E-state index contributed by atoms with van der Waals surface area (Å²) in [7, 11) is -2.88. The Hall–Kier alpha value is -0.790. The van der Waals surface area contributed by atoms with Gasteiger partial charge in [-0.3, -0.25) is 9.69 Å². The molecular formula is C10H14N2O3S2. The number of carbonyl (C=O) groups is 1. The van der Waals surface area contributed by atoms with E-state index in [1.165, 1.54) is 11.3 Å². The minimum absolute atomic E-state index is 0.0256. The fourth-order valence-corrected chi connectivity index (χ4v) is 3.63. The third kappa shape index (κ3) is 3.34. The van der Waals surface area contributed by atoms with Crippen LogP contribution in [0.5, 0.6) is 0 Å². The van der Waals surface area contributed by atoms with Crippen LogP contribution in [0, 0.1) is 6.92 Å². The summed E-state index contributed by atoms with van der Waals surface area (Å²) >= 11 is 1.38. The van der Waals surface area contributed by atoms with Crippen molar-refractivity contribution in [1.82, 2.24) is 9.88 Å². The Balaban J connectivity index is 1.92. The minimum atomic E-state index is -2.88. The number of hydrogen-bond donors (Lipinski definition) is 0. The molecule has 7 heteroatoms. The molecule has 2 heterocycles. The molecule has 0 amide bonds. The molecular weight excluding hydrogens is 260 g/mol. The monoisotopic (exact) mass is 274 g/mol.